The van der Waals surface area contributed by atoms with Gasteiger partial charge in [0.25, 0.3) is 0 Å². The Morgan fingerprint density at radius 1 is 1.06 bits per heavy atom. The lowest BCUT2D eigenvalue weighted by atomic mass is 9.89. The van der Waals surface area contributed by atoms with Crippen LogP contribution in [0.3, 0.4) is 0 Å². The summed E-state index contributed by atoms with van der Waals surface area (Å²) in [6, 6.07) is 5.56. The van der Waals surface area contributed by atoms with Crippen LogP contribution in [0.1, 0.15) is 49.4 Å². The zero-order valence-electron chi connectivity index (χ0n) is 10.8. The average molecular weight is 217 g/mol. The van der Waals surface area contributed by atoms with E-state index in [1.807, 2.05) is 0 Å². The predicted octanol–water partition coefficient (Wildman–Crippen LogP) is 3.24. The van der Waals surface area contributed by atoms with Gasteiger partial charge in [-0.05, 0) is 47.9 Å². The quantitative estimate of drug-likeness (QED) is 0.819. The maximum absolute atomic E-state index is 3.61. The number of benzene rings is 1. The molecule has 1 nitrogen and oxygen atoms in total. The maximum atomic E-state index is 3.61. The Labute approximate surface area is 99.3 Å². The van der Waals surface area contributed by atoms with E-state index in [0.717, 1.165) is 13.0 Å². The molecule has 0 fully saturated rings. The zero-order valence-corrected chi connectivity index (χ0v) is 10.8. The van der Waals surface area contributed by atoms with Crippen molar-refractivity contribution in [1.82, 2.24) is 5.32 Å². The van der Waals surface area contributed by atoms with Crippen LogP contribution in [0.2, 0.25) is 0 Å². The first kappa shape index (κ1) is 11.7. The van der Waals surface area contributed by atoms with Gasteiger partial charge in [0.15, 0.2) is 0 Å². The molecule has 2 rings (SSSR count). The van der Waals surface area contributed by atoms with Crippen LogP contribution >= 0.6 is 0 Å². The number of nitrogens with one attached hydrogen (secondary N) is 1. The van der Waals surface area contributed by atoms with Gasteiger partial charge >= 0.3 is 0 Å². The van der Waals surface area contributed by atoms with E-state index in [1.54, 1.807) is 11.1 Å². The summed E-state index contributed by atoms with van der Waals surface area (Å²) in [6.45, 7) is 7.85. The van der Waals surface area contributed by atoms with Gasteiger partial charge in [-0.3, -0.25) is 0 Å². The molecule has 0 aromatic heterocycles. The standard InChI is InChI=1S/C15H23N/c1-4-11-7-13-9-15(6-3)16-10-14(13)8-12(11)5-2/h7-8,15-16H,4-6,9-10H2,1-3H3. The summed E-state index contributed by atoms with van der Waals surface area (Å²) in [7, 11) is 0. The summed E-state index contributed by atoms with van der Waals surface area (Å²) in [5.74, 6) is 0. The number of fused-ring (bicyclic) bond motifs is 1. The summed E-state index contributed by atoms with van der Waals surface area (Å²) in [5.41, 5.74) is 6.20. The molecular formula is C15H23N. The van der Waals surface area contributed by atoms with Crippen molar-refractivity contribution in [3.8, 4) is 0 Å². The highest BCUT2D eigenvalue weighted by atomic mass is 14.9. The van der Waals surface area contributed by atoms with Crippen molar-refractivity contribution in [1.29, 1.82) is 0 Å². The number of hydrogen-bond acceptors (Lipinski definition) is 1. The highest BCUT2D eigenvalue weighted by Crippen LogP contribution is 2.23. The van der Waals surface area contributed by atoms with Crippen molar-refractivity contribution in [2.45, 2.75) is 59.0 Å². The lowest BCUT2D eigenvalue weighted by Gasteiger charge is -2.26. The molecule has 1 heteroatoms. The first-order valence-electron chi connectivity index (χ1n) is 6.65. The second-order valence-corrected chi connectivity index (χ2v) is 4.79. The summed E-state index contributed by atoms with van der Waals surface area (Å²) in [6.07, 6.45) is 4.77. The molecule has 0 bridgehead atoms. The fourth-order valence-corrected chi connectivity index (χ4v) is 2.68. The topological polar surface area (TPSA) is 12.0 Å². The molecule has 0 saturated heterocycles. The second kappa shape index (κ2) is 5.01. The first-order chi connectivity index (χ1) is 7.78. The van der Waals surface area contributed by atoms with Crippen LogP contribution in [0.4, 0.5) is 0 Å². The highest BCUT2D eigenvalue weighted by Gasteiger charge is 2.17. The fourth-order valence-electron chi connectivity index (χ4n) is 2.68. The molecule has 0 saturated carbocycles. The lowest BCUT2D eigenvalue weighted by molar-refractivity contribution is 0.467. The van der Waals surface area contributed by atoms with Crippen LogP contribution < -0.4 is 5.32 Å². The average Bonchev–Trinajstić information content (AvgIpc) is 2.36. The van der Waals surface area contributed by atoms with Gasteiger partial charge in [0.1, 0.15) is 0 Å². The Morgan fingerprint density at radius 2 is 1.69 bits per heavy atom. The normalized spacial score (nSPS) is 19.6. The third kappa shape index (κ3) is 2.15. The van der Waals surface area contributed by atoms with Crippen molar-refractivity contribution < 1.29 is 0 Å². The Balaban J connectivity index is 2.34. The minimum atomic E-state index is 0.685. The molecule has 1 unspecified atom stereocenters. The van der Waals surface area contributed by atoms with Gasteiger partial charge in [0, 0.05) is 12.6 Å². The Hall–Kier alpha value is -0.820. The molecule has 1 atom stereocenters. The van der Waals surface area contributed by atoms with Gasteiger partial charge in [-0.2, -0.15) is 0 Å². The van der Waals surface area contributed by atoms with Gasteiger partial charge in [-0.15, -0.1) is 0 Å². The van der Waals surface area contributed by atoms with Crippen LogP contribution in [0.5, 0.6) is 0 Å². The summed E-state index contributed by atoms with van der Waals surface area (Å²) >= 11 is 0. The number of aryl methyl sites for hydroxylation is 2. The summed E-state index contributed by atoms with van der Waals surface area (Å²) in [5, 5.41) is 3.61. The van der Waals surface area contributed by atoms with Crippen molar-refractivity contribution in [2.24, 2.45) is 0 Å². The molecule has 16 heavy (non-hydrogen) atoms. The van der Waals surface area contributed by atoms with E-state index in [9.17, 15) is 0 Å². The third-order valence-corrected chi connectivity index (χ3v) is 3.82. The van der Waals surface area contributed by atoms with Gasteiger partial charge in [-0.1, -0.05) is 32.9 Å². The molecule has 0 amide bonds. The van der Waals surface area contributed by atoms with Crippen molar-refractivity contribution in [3.63, 3.8) is 0 Å². The molecule has 0 spiro atoms. The Bertz CT molecular complexity index is 368. The van der Waals surface area contributed by atoms with Gasteiger partial charge in [-0.25, -0.2) is 0 Å². The molecule has 1 aromatic carbocycles. The third-order valence-electron chi connectivity index (χ3n) is 3.82. The number of rotatable bonds is 3. The molecule has 88 valence electrons. The molecule has 1 heterocycles. The number of hydrogen-bond donors (Lipinski definition) is 1. The molecule has 1 aliphatic rings. The molecule has 1 N–H and O–H groups in total. The van der Waals surface area contributed by atoms with Crippen LogP contribution in [0.15, 0.2) is 12.1 Å². The monoisotopic (exact) mass is 217 g/mol. The van der Waals surface area contributed by atoms with Crippen molar-refractivity contribution in [2.75, 3.05) is 0 Å². The maximum Gasteiger partial charge on any atom is 0.0211 e. The van der Waals surface area contributed by atoms with E-state index < -0.39 is 0 Å². The lowest BCUT2D eigenvalue weighted by Crippen LogP contribution is -2.35. The summed E-state index contributed by atoms with van der Waals surface area (Å²) < 4.78 is 0. The fraction of sp³-hybridized carbons (Fsp3) is 0.600. The molecular weight excluding hydrogens is 194 g/mol. The van der Waals surface area contributed by atoms with Gasteiger partial charge in [0.2, 0.25) is 0 Å². The van der Waals surface area contributed by atoms with E-state index in [-0.39, 0.29) is 0 Å². The Morgan fingerprint density at radius 3 is 2.25 bits per heavy atom. The molecule has 1 aromatic rings. The van der Waals surface area contributed by atoms with E-state index in [1.165, 1.54) is 30.4 Å². The highest BCUT2D eigenvalue weighted by molar-refractivity contribution is 5.40. The first-order valence-corrected chi connectivity index (χ1v) is 6.65. The molecule has 0 aliphatic carbocycles. The zero-order chi connectivity index (χ0) is 11.5. The van der Waals surface area contributed by atoms with Crippen LogP contribution in [-0.2, 0) is 25.8 Å². The second-order valence-electron chi connectivity index (χ2n) is 4.79. The van der Waals surface area contributed by atoms with Gasteiger partial charge < -0.3 is 5.32 Å². The Kier molecular flexibility index (Phi) is 3.65. The van der Waals surface area contributed by atoms with Crippen LogP contribution in [-0.4, -0.2) is 6.04 Å². The van der Waals surface area contributed by atoms with Crippen molar-refractivity contribution in [3.05, 3.63) is 34.4 Å². The largest absolute Gasteiger partial charge is 0.310 e. The minimum Gasteiger partial charge on any atom is -0.310 e. The van der Waals surface area contributed by atoms with E-state index >= 15 is 0 Å². The predicted molar refractivity (Wildman–Crippen MR) is 69.8 cm³/mol. The minimum absolute atomic E-state index is 0.685. The SMILES string of the molecule is CCc1cc2c(cc1CC)CC(CC)NC2. The smallest absolute Gasteiger partial charge is 0.0211 e. The summed E-state index contributed by atoms with van der Waals surface area (Å²) in [4.78, 5) is 0. The van der Waals surface area contributed by atoms with Crippen LogP contribution in [0, 0.1) is 0 Å². The van der Waals surface area contributed by atoms with E-state index in [0.29, 0.717) is 6.04 Å². The van der Waals surface area contributed by atoms with Crippen molar-refractivity contribution >= 4 is 0 Å². The van der Waals surface area contributed by atoms with Gasteiger partial charge in [0.05, 0.1) is 0 Å². The van der Waals surface area contributed by atoms with Crippen LogP contribution in [0.25, 0.3) is 0 Å². The van der Waals surface area contributed by atoms with E-state index in [4.69, 9.17) is 0 Å². The van der Waals surface area contributed by atoms with E-state index in [2.05, 4.69) is 38.2 Å². The molecule has 1 aliphatic heterocycles. The molecule has 0 radical (unpaired) electrons.